The van der Waals surface area contributed by atoms with E-state index in [9.17, 15) is 0 Å². The molecule has 2 rings (SSSR count). The number of ether oxygens (including phenoxy) is 1. The van der Waals surface area contributed by atoms with Crippen molar-refractivity contribution in [2.24, 2.45) is 0 Å². The highest BCUT2D eigenvalue weighted by Gasteiger charge is 2.05. The van der Waals surface area contributed by atoms with Gasteiger partial charge in [-0.1, -0.05) is 5.92 Å². The van der Waals surface area contributed by atoms with Crippen LogP contribution in [0.3, 0.4) is 0 Å². The van der Waals surface area contributed by atoms with Crippen LogP contribution in [0.2, 0.25) is 0 Å². The van der Waals surface area contributed by atoms with Gasteiger partial charge in [0.2, 0.25) is 0 Å². The topological polar surface area (TPSA) is 35.0 Å². The number of benzene rings is 1. The minimum atomic E-state index is 0.660. The Labute approximate surface area is 88.1 Å². The van der Waals surface area contributed by atoms with Crippen LogP contribution < -0.4 is 4.74 Å². The fraction of sp³-hybridized carbons (Fsp3) is 0.167. The van der Waals surface area contributed by atoms with E-state index < -0.39 is 0 Å². The number of methoxy groups -OCH3 is 1. The molecule has 0 N–H and O–H groups in total. The summed E-state index contributed by atoms with van der Waals surface area (Å²) in [5.74, 6) is 3.25. The molecule has 0 atom stereocenters. The zero-order valence-corrected chi connectivity index (χ0v) is 8.61. The molecule has 0 aliphatic carbocycles. The minimum Gasteiger partial charge on any atom is -0.494 e. The Balaban J connectivity index is 2.82. The predicted molar refractivity (Wildman–Crippen MR) is 58.8 cm³/mol. The van der Waals surface area contributed by atoms with Gasteiger partial charge in [0.25, 0.3) is 0 Å². The summed E-state index contributed by atoms with van der Waals surface area (Å²) in [5, 5.41) is 9.03. The molecule has 15 heavy (non-hydrogen) atoms. The predicted octanol–water partition coefficient (Wildman–Crippen LogP) is 1.93. The van der Waals surface area contributed by atoms with Gasteiger partial charge in [-0.3, -0.25) is 0 Å². The first kappa shape index (κ1) is 9.47. The SMILES string of the molecule is C#Cc1cc(OC)c2nnc(C)cc2c1. The van der Waals surface area contributed by atoms with Crippen molar-refractivity contribution < 1.29 is 4.74 Å². The second-order valence-electron chi connectivity index (χ2n) is 3.25. The molecule has 0 fully saturated rings. The number of fused-ring (bicyclic) bond motifs is 1. The molecule has 0 saturated heterocycles. The molecule has 3 heteroatoms. The van der Waals surface area contributed by atoms with Crippen LogP contribution in [-0.2, 0) is 0 Å². The molecule has 1 heterocycles. The van der Waals surface area contributed by atoms with Crippen molar-refractivity contribution in [3.8, 4) is 18.1 Å². The van der Waals surface area contributed by atoms with Gasteiger partial charge in [0.1, 0.15) is 11.3 Å². The van der Waals surface area contributed by atoms with Gasteiger partial charge >= 0.3 is 0 Å². The molecular weight excluding hydrogens is 188 g/mol. The van der Waals surface area contributed by atoms with Crippen LogP contribution in [0.4, 0.5) is 0 Å². The number of aryl methyl sites for hydroxylation is 1. The Bertz CT molecular complexity index is 555. The maximum Gasteiger partial charge on any atom is 0.148 e. The summed E-state index contributed by atoms with van der Waals surface area (Å²) in [5.41, 5.74) is 2.38. The third-order valence-electron chi connectivity index (χ3n) is 2.16. The lowest BCUT2D eigenvalue weighted by Crippen LogP contribution is -1.93. The highest BCUT2D eigenvalue weighted by atomic mass is 16.5. The molecule has 0 bridgehead atoms. The molecule has 1 aromatic heterocycles. The molecule has 74 valence electrons. The Morgan fingerprint density at radius 2 is 2.07 bits per heavy atom. The van der Waals surface area contributed by atoms with Crippen LogP contribution in [-0.4, -0.2) is 17.3 Å². The number of hydrogen-bond acceptors (Lipinski definition) is 3. The van der Waals surface area contributed by atoms with Gasteiger partial charge in [-0.05, 0) is 25.1 Å². The first-order valence-electron chi connectivity index (χ1n) is 4.53. The summed E-state index contributed by atoms with van der Waals surface area (Å²) in [4.78, 5) is 0. The monoisotopic (exact) mass is 198 g/mol. The molecule has 0 unspecified atom stereocenters. The number of nitrogens with zero attached hydrogens (tertiary/aromatic N) is 2. The Kier molecular flexibility index (Phi) is 2.26. The van der Waals surface area contributed by atoms with E-state index in [1.807, 2.05) is 19.1 Å². The molecule has 1 aromatic carbocycles. The molecule has 0 radical (unpaired) electrons. The molecule has 2 aromatic rings. The molecule has 0 amide bonds. The van der Waals surface area contributed by atoms with Crippen molar-refractivity contribution in [1.29, 1.82) is 0 Å². The number of aromatic nitrogens is 2. The lowest BCUT2D eigenvalue weighted by molar-refractivity contribution is 0.418. The van der Waals surface area contributed by atoms with E-state index in [1.165, 1.54) is 0 Å². The smallest absolute Gasteiger partial charge is 0.148 e. The van der Waals surface area contributed by atoms with Crippen LogP contribution in [0.1, 0.15) is 11.3 Å². The van der Waals surface area contributed by atoms with Crippen LogP contribution in [0, 0.1) is 19.3 Å². The van der Waals surface area contributed by atoms with Crippen LogP contribution in [0.25, 0.3) is 10.9 Å². The van der Waals surface area contributed by atoms with Gasteiger partial charge in [0.05, 0.1) is 12.8 Å². The Morgan fingerprint density at radius 1 is 1.27 bits per heavy atom. The normalized spacial score (nSPS) is 9.93. The zero-order chi connectivity index (χ0) is 10.8. The molecule has 0 spiro atoms. The van der Waals surface area contributed by atoms with Crippen LogP contribution >= 0.6 is 0 Å². The van der Waals surface area contributed by atoms with E-state index in [0.717, 1.165) is 22.2 Å². The number of rotatable bonds is 1. The number of hydrogen-bond donors (Lipinski definition) is 0. The Morgan fingerprint density at radius 3 is 2.73 bits per heavy atom. The molecule has 3 nitrogen and oxygen atoms in total. The summed E-state index contributed by atoms with van der Waals surface area (Å²) in [6.07, 6.45) is 5.36. The first-order valence-corrected chi connectivity index (χ1v) is 4.53. The van der Waals surface area contributed by atoms with E-state index >= 15 is 0 Å². The first-order chi connectivity index (χ1) is 7.24. The van der Waals surface area contributed by atoms with Crippen molar-refractivity contribution in [3.05, 3.63) is 29.5 Å². The van der Waals surface area contributed by atoms with Crippen molar-refractivity contribution >= 4 is 10.9 Å². The summed E-state index contributed by atoms with van der Waals surface area (Å²) < 4.78 is 5.21. The van der Waals surface area contributed by atoms with Crippen LogP contribution in [0.15, 0.2) is 18.2 Å². The lowest BCUT2D eigenvalue weighted by atomic mass is 10.1. The summed E-state index contributed by atoms with van der Waals surface area (Å²) >= 11 is 0. The standard InChI is InChI=1S/C12H10N2O/c1-4-9-6-10-5-8(2)13-14-12(10)11(7-9)15-3/h1,5-7H,2-3H3. The maximum atomic E-state index is 5.36. The fourth-order valence-electron chi connectivity index (χ4n) is 1.47. The van der Waals surface area contributed by atoms with Crippen molar-refractivity contribution in [1.82, 2.24) is 10.2 Å². The molecular formula is C12H10N2O. The third-order valence-corrected chi connectivity index (χ3v) is 2.16. The summed E-state index contributed by atoms with van der Waals surface area (Å²) in [7, 11) is 1.59. The fourth-order valence-corrected chi connectivity index (χ4v) is 1.47. The van der Waals surface area contributed by atoms with E-state index in [0.29, 0.717) is 5.75 Å². The van der Waals surface area contributed by atoms with E-state index in [1.54, 1.807) is 13.2 Å². The second kappa shape index (κ2) is 3.58. The van der Waals surface area contributed by atoms with Crippen molar-refractivity contribution in [2.75, 3.05) is 7.11 Å². The summed E-state index contributed by atoms with van der Waals surface area (Å²) in [6.45, 7) is 1.89. The highest BCUT2D eigenvalue weighted by molar-refractivity contribution is 5.85. The lowest BCUT2D eigenvalue weighted by Gasteiger charge is -2.05. The highest BCUT2D eigenvalue weighted by Crippen LogP contribution is 2.24. The molecule has 0 aliphatic heterocycles. The zero-order valence-electron chi connectivity index (χ0n) is 8.61. The van der Waals surface area contributed by atoms with Gasteiger partial charge in [0.15, 0.2) is 0 Å². The third kappa shape index (κ3) is 1.62. The maximum absolute atomic E-state index is 5.36. The molecule has 0 aliphatic rings. The van der Waals surface area contributed by atoms with E-state index in [4.69, 9.17) is 11.2 Å². The second-order valence-corrected chi connectivity index (χ2v) is 3.25. The van der Waals surface area contributed by atoms with Gasteiger partial charge in [-0.25, -0.2) is 0 Å². The van der Waals surface area contributed by atoms with E-state index in [2.05, 4.69) is 16.1 Å². The average Bonchev–Trinajstić information content (AvgIpc) is 2.26. The van der Waals surface area contributed by atoms with Gasteiger partial charge in [-0.15, -0.1) is 11.5 Å². The average molecular weight is 198 g/mol. The van der Waals surface area contributed by atoms with Gasteiger partial charge in [-0.2, -0.15) is 5.10 Å². The van der Waals surface area contributed by atoms with Gasteiger partial charge < -0.3 is 4.74 Å². The van der Waals surface area contributed by atoms with E-state index in [-0.39, 0.29) is 0 Å². The quantitative estimate of drug-likeness (QED) is 0.657. The van der Waals surface area contributed by atoms with Crippen molar-refractivity contribution in [3.63, 3.8) is 0 Å². The largest absolute Gasteiger partial charge is 0.494 e. The minimum absolute atomic E-state index is 0.660. The summed E-state index contributed by atoms with van der Waals surface area (Å²) in [6, 6.07) is 5.62. The molecule has 0 saturated carbocycles. The number of terminal acetylenes is 1. The van der Waals surface area contributed by atoms with Crippen LogP contribution in [0.5, 0.6) is 5.75 Å². The Hall–Kier alpha value is -2.08. The van der Waals surface area contributed by atoms with Gasteiger partial charge in [0, 0.05) is 10.9 Å². The van der Waals surface area contributed by atoms with Crippen molar-refractivity contribution in [2.45, 2.75) is 6.92 Å².